The summed E-state index contributed by atoms with van der Waals surface area (Å²) < 4.78 is 4.92. The van der Waals surface area contributed by atoms with E-state index < -0.39 is 0 Å². The lowest BCUT2D eigenvalue weighted by Gasteiger charge is -2.00. The van der Waals surface area contributed by atoms with E-state index in [2.05, 4.69) is 9.97 Å². The second-order valence-corrected chi connectivity index (χ2v) is 3.58. The Morgan fingerprint density at radius 1 is 1.46 bits per heavy atom. The summed E-state index contributed by atoms with van der Waals surface area (Å²) in [7, 11) is 1.70. The van der Waals surface area contributed by atoms with Crippen LogP contribution in [0.25, 0.3) is 0 Å². The summed E-state index contributed by atoms with van der Waals surface area (Å²) in [4.78, 5) is 8.08. The van der Waals surface area contributed by atoms with Gasteiger partial charge in [-0.05, 0) is 0 Å². The van der Waals surface area contributed by atoms with Gasteiger partial charge in [0.15, 0.2) is 0 Å². The fourth-order valence-corrected chi connectivity index (χ4v) is 1.55. The number of methoxy groups -OCH3 is 1. The van der Waals surface area contributed by atoms with E-state index in [9.17, 15) is 0 Å². The summed E-state index contributed by atoms with van der Waals surface area (Å²) in [5.41, 5.74) is 6.36. The fourth-order valence-electron chi connectivity index (χ4n) is 0.758. The van der Waals surface area contributed by atoms with Gasteiger partial charge in [-0.15, -0.1) is 0 Å². The molecule has 5 heteroatoms. The van der Waals surface area contributed by atoms with Crippen molar-refractivity contribution in [1.29, 1.82) is 0 Å². The van der Waals surface area contributed by atoms with E-state index in [4.69, 9.17) is 10.5 Å². The molecule has 0 aliphatic rings. The fraction of sp³-hybridized carbons (Fsp3) is 0.500. The topological polar surface area (TPSA) is 61.0 Å². The molecule has 0 saturated heterocycles. The van der Waals surface area contributed by atoms with Crippen LogP contribution in [0.1, 0.15) is 5.69 Å². The SMILES string of the molecule is COCCSCc1cnc(N)cn1. The van der Waals surface area contributed by atoms with Gasteiger partial charge in [-0.25, -0.2) is 4.98 Å². The van der Waals surface area contributed by atoms with Crippen LogP contribution in [0.2, 0.25) is 0 Å². The minimum atomic E-state index is 0.464. The number of anilines is 1. The Morgan fingerprint density at radius 2 is 2.31 bits per heavy atom. The number of hydrogen-bond acceptors (Lipinski definition) is 5. The zero-order chi connectivity index (χ0) is 9.52. The summed E-state index contributed by atoms with van der Waals surface area (Å²) in [5.74, 6) is 2.30. The number of ether oxygens (including phenoxy) is 1. The van der Waals surface area contributed by atoms with Crippen molar-refractivity contribution in [3.63, 3.8) is 0 Å². The molecule has 1 rings (SSSR count). The first-order valence-electron chi connectivity index (χ1n) is 3.96. The van der Waals surface area contributed by atoms with Crippen molar-refractivity contribution in [2.24, 2.45) is 0 Å². The second kappa shape index (κ2) is 5.77. The summed E-state index contributed by atoms with van der Waals surface area (Å²) in [5, 5.41) is 0. The predicted octanol–water partition coefficient (Wildman–Crippen LogP) is 0.938. The summed E-state index contributed by atoms with van der Waals surface area (Å²) in [6, 6.07) is 0. The molecule has 0 bridgehead atoms. The zero-order valence-electron chi connectivity index (χ0n) is 7.56. The Morgan fingerprint density at radius 3 is 2.92 bits per heavy atom. The lowest BCUT2D eigenvalue weighted by molar-refractivity contribution is 0.218. The smallest absolute Gasteiger partial charge is 0.141 e. The Hall–Kier alpha value is -0.810. The molecule has 0 saturated carbocycles. The maximum absolute atomic E-state index is 5.40. The highest BCUT2D eigenvalue weighted by atomic mass is 32.2. The van der Waals surface area contributed by atoms with E-state index in [1.54, 1.807) is 31.3 Å². The number of aromatic nitrogens is 2. The highest BCUT2D eigenvalue weighted by Gasteiger charge is 1.95. The van der Waals surface area contributed by atoms with Gasteiger partial charge >= 0.3 is 0 Å². The molecule has 0 aliphatic carbocycles. The summed E-state index contributed by atoms with van der Waals surface area (Å²) in [6.07, 6.45) is 3.28. The van der Waals surface area contributed by atoms with Crippen molar-refractivity contribution in [1.82, 2.24) is 9.97 Å². The number of nitrogens with zero attached hydrogens (tertiary/aromatic N) is 2. The van der Waals surface area contributed by atoms with Gasteiger partial charge in [0.25, 0.3) is 0 Å². The van der Waals surface area contributed by atoms with Crippen molar-refractivity contribution in [2.45, 2.75) is 5.75 Å². The molecule has 0 aliphatic heterocycles. The maximum Gasteiger partial charge on any atom is 0.141 e. The van der Waals surface area contributed by atoms with Gasteiger partial charge in [-0.3, -0.25) is 4.98 Å². The Bertz CT molecular complexity index is 240. The maximum atomic E-state index is 5.40. The van der Waals surface area contributed by atoms with Crippen molar-refractivity contribution in [3.05, 3.63) is 18.1 Å². The van der Waals surface area contributed by atoms with Crippen LogP contribution in [0.4, 0.5) is 5.82 Å². The molecule has 1 aromatic rings. The van der Waals surface area contributed by atoms with Crippen LogP contribution in [0, 0.1) is 0 Å². The molecule has 1 aromatic heterocycles. The van der Waals surface area contributed by atoms with E-state index in [1.807, 2.05) is 0 Å². The van der Waals surface area contributed by atoms with Crippen LogP contribution in [-0.2, 0) is 10.5 Å². The largest absolute Gasteiger partial charge is 0.384 e. The molecule has 0 amide bonds. The van der Waals surface area contributed by atoms with Gasteiger partial charge in [-0.2, -0.15) is 11.8 Å². The third kappa shape index (κ3) is 4.10. The highest BCUT2D eigenvalue weighted by Crippen LogP contribution is 2.08. The van der Waals surface area contributed by atoms with E-state index in [0.717, 1.165) is 23.8 Å². The standard InChI is InChI=1S/C8H13N3OS/c1-12-2-3-13-6-7-4-11-8(9)5-10-7/h4-5H,2-3,6H2,1H3,(H2,9,11). The predicted molar refractivity (Wildman–Crippen MR) is 54.5 cm³/mol. The Balaban J connectivity index is 2.25. The first-order chi connectivity index (χ1) is 6.33. The van der Waals surface area contributed by atoms with Crippen molar-refractivity contribution in [2.75, 3.05) is 25.2 Å². The van der Waals surface area contributed by atoms with Gasteiger partial charge < -0.3 is 10.5 Å². The van der Waals surface area contributed by atoms with E-state index in [-0.39, 0.29) is 0 Å². The molecule has 0 radical (unpaired) electrons. The second-order valence-electron chi connectivity index (χ2n) is 2.48. The number of rotatable bonds is 5. The summed E-state index contributed by atoms with van der Waals surface area (Å²) in [6.45, 7) is 0.771. The quantitative estimate of drug-likeness (QED) is 0.715. The number of hydrogen-bond donors (Lipinski definition) is 1. The average Bonchev–Trinajstić information content (AvgIpc) is 2.15. The van der Waals surface area contributed by atoms with Gasteiger partial charge in [0.05, 0.1) is 24.7 Å². The molecule has 1 heterocycles. The van der Waals surface area contributed by atoms with E-state index >= 15 is 0 Å². The van der Waals surface area contributed by atoms with Gasteiger partial charge in [0, 0.05) is 18.6 Å². The van der Waals surface area contributed by atoms with Crippen molar-refractivity contribution >= 4 is 17.6 Å². The monoisotopic (exact) mass is 199 g/mol. The van der Waals surface area contributed by atoms with Gasteiger partial charge in [0.2, 0.25) is 0 Å². The molecule has 4 nitrogen and oxygen atoms in total. The third-order valence-corrected chi connectivity index (χ3v) is 2.36. The first kappa shape index (κ1) is 10.3. The number of nitrogens with two attached hydrogens (primary N) is 1. The first-order valence-corrected chi connectivity index (χ1v) is 5.11. The molecule has 0 fully saturated rings. The van der Waals surface area contributed by atoms with Crippen LogP contribution in [-0.4, -0.2) is 29.4 Å². The Kier molecular flexibility index (Phi) is 4.56. The number of thioether (sulfide) groups is 1. The minimum Gasteiger partial charge on any atom is -0.384 e. The minimum absolute atomic E-state index is 0.464. The molecule has 0 unspecified atom stereocenters. The van der Waals surface area contributed by atoms with Crippen LogP contribution in [0.15, 0.2) is 12.4 Å². The molecular formula is C8H13N3OS. The molecule has 0 atom stereocenters. The molecule has 13 heavy (non-hydrogen) atoms. The van der Waals surface area contributed by atoms with Crippen LogP contribution in [0.3, 0.4) is 0 Å². The van der Waals surface area contributed by atoms with Crippen LogP contribution in [0.5, 0.6) is 0 Å². The zero-order valence-corrected chi connectivity index (χ0v) is 8.38. The third-order valence-electron chi connectivity index (χ3n) is 1.41. The van der Waals surface area contributed by atoms with Crippen molar-refractivity contribution in [3.8, 4) is 0 Å². The normalized spacial score (nSPS) is 10.2. The average molecular weight is 199 g/mol. The van der Waals surface area contributed by atoms with E-state index in [0.29, 0.717) is 5.82 Å². The summed E-state index contributed by atoms with van der Waals surface area (Å²) >= 11 is 1.77. The molecular weight excluding hydrogens is 186 g/mol. The van der Waals surface area contributed by atoms with Crippen molar-refractivity contribution < 1.29 is 4.74 Å². The number of nitrogen functional groups attached to an aromatic ring is 1. The van der Waals surface area contributed by atoms with Crippen LogP contribution >= 0.6 is 11.8 Å². The molecule has 2 N–H and O–H groups in total. The molecule has 0 spiro atoms. The highest BCUT2D eigenvalue weighted by molar-refractivity contribution is 7.98. The Labute approximate surface area is 81.9 Å². The molecule has 72 valence electrons. The van der Waals surface area contributed by atoms with Gasteiger partial charge in [-0.1, -0.05) is 0 Å². The van der Waals surface area contributed by atoms with Crippen LogP contribution < -0.4 is 5.73 Å². The van der Waals surface area contributed by atoms with E-state index in [1.165, 1.54) is 0 Å². The lowest BCUT2D eigenvalue weighted by atomic mass is 10.5. The van der Waals surface area contributed by atoms with Gasteiger partial charge in [0.1, 0.15) is 5.82 Å². The molecule has 0 aromatic carbocycles. The lowest BCUT2D eigenvalue weighted by Crippen LogP contribution is -1.96.